The third-order valence-electron chi connectivity index (χ3n) is 4.27. The molecule has 0 fully saturated rings. The fourth-order valence-electron chi connectivity index (χ4n) is 2.72. The van der Waals surface area contributed by atoms with Crippen LogP contribution in [0.4, 0.5) is 0 Å². The van der Waals surface area contributed by atoms with Crippen molar-refractivity contribution in [3.8, 4) is 0 Å². The topological polar surface area (TPSA) is 51.2 Å². The van der Waals surface area contributed by atoms with Gasteiger partial charge in [-0.3, -0.25) is 4.79 Å². The summed E-state index contributed by atoms with van der Waals surface area (Å²) in [6.45, 7) is 0. The molecule has 0 spiro atoms. The van der Waals surface area contributed by atoms with E-state index in [2.05, 4.69) is 0 Å². The molecule has 4 heteroatoms. The second-order valence-electron chi connectivity index (χ2n) is 6.36. The molecule has 3 nitrogen and oxygen atoms in total. The summed E-state index contributed by atoms with van der Waals surface area (Å²) in [6, 6.07) is 36.1. The minimum absolute atomic E-state index is 0.0752. The number of rotatable bonds is 5. The van der Waals surface area contributed by atoms with Crippen LogP contribution in [0.15, 0.2) is 121 Å². The Morgan fingerprint density at radius 3 is 1.20 bits per heavy atom. The van der Waals surface area contributed by atoms with Gasteiger partial charge in [-0.1, -0.05) is 102 Å². The minimum atomic E-state index is -2.00. The third-order valence-corrected chi connectivity index (χ3v) is 5.66. The van der Waals surface area contributed by atoms with E-state index in [1.165, 1.54) is 0 Å². The number of benzene rings is 4. The summed E-state index contributed by atoms with van der Waals surface area (Å²) in [5, 5.41) is 0.575. The summed E-state index contributed by atoms with van der Waals surface area (Å²) < 4.78 is 11.9. The number of hydrogen-bond donors (Lipinski definition) is 0. The second kappa shape index (κ2) is 10.8. The maximum atomic E-state index is 11.9. The molecule has 0 radical (unpaired) electrons. The quantitative estimate of drug-likeness (QED) is 0.304. The molecule has 0 aromatic heterocycles. The predicted molar refractivity (Wildman–Crippen MR) is 121 cm³/mol. The molecule has 4 rings (SSSR count). The number of carbonyl (C=O) groups excluding carboxylic acids is 2. The van der Waals surface area contributed by atoms with Gasteiger partial charge in [-0.25, -0.2) is 4.79 Å². The van der Waals surface area contributed by atoms with Crippen molar-refractivity contribution in [3.05, 3.63) is 138 Å². The molecule has 146 valence electrons. The summed E-state index contributed by atoms with van der Waals surface area (Å²) >= 11 is 0. The molecule has 4 aromatic carbocycles. The van der Waals surface area contributed by atoms with Crippen molar-refractivity contribution in [2.75, 3.05) is 0 Å². The van der Waals surface area contributed by atoms with E-state index < -0.39 is 7.80 Å². The van der Waals surface area contributed by atoms with Crippen LogP contribution in [0.5, 0.6) is 0 Å². The van der Waals surface area contributed by atoms with Crippen molar-refractivity contribution >= 4 is 24.4 Å². The molecule has 4 aromatic rings. The molecule has 1 atom stereocenters. The van der Waals surface area contributed by atoms with Crippen LogP contribution in [-0.2, 0) is 4.57 Å². The average Bonchev–Trinajstić information content (AvgIpc) is 2.85. The van der Waals surface area contributed by atoms with Gasteiger partial charge >= 0.3 is 13.3 Å². The lowest BCUT2D eigenvalue weighted by atomic mass is 10.0. The van der Waals surface area contributed by atoms with Crippen LogP contribution in [0.3, 0.4) is 0 Å². The third kappa shape index (κ3) is 5.66. The van der Waals surface area contributed by atoms with Crippen molar-refractivity contribution in [2.45, 2.75) is 0 Å². The molecule has 0 bridgehead atoms. The smallest absolute Gasteiger partial charge is 0.289 e. The summed E-state index contributed by atoms with van der Waals surface area (Å²) in [4.78, 5) is 23.7. The monoisotopic (exact) mass is 411 g/mol. The molecule has 0 saturated carbocycles. The highest BCUT2D eigenvalue weighted by Gasteiger charge is 2.31. The molecular weight excluding hydrogens is 391 g/mol. The molecule has 0 N–H and O–H groups in total. The van der Waals surface area contributed by atoms with Crippen LogP contribution in [0.2, 0.25) is 0 Å². The van der Waals surface area contributed by atoms with Gasteiger partial charge in [-0.2, -0.15) is 0 Å². The van der Waals surface area contributed by atoms with Crippen LogP contribution >= 0.6 is 7.80 Å². The molecule has 0 aliphatic heterocycles. The van der Waals surface area contributed by atoms with Gasteiger partial charge in [-0.15, -0.1) is 0 Å². The van der Waals surface area contributed by atoms with E-state index in [1.54, 1.807) is 48.5 Å². The molecule has 1 unspecified atom stereocenters. The Morgan fingerprint density at radius 1 is 0.467 bits per heavy atom. The van der Waals surface area contributed by atoms with Crippen LogP contribution in [0.25, 0.3) is 0 Å². The predicted octanol–water partition coefficient (Wildman–Crippen LogP) is 5.90. The zero-order valence-corrected chi connectivity index (χ0v) is 17.1. The van der Waals surface area contributed by atoms with E-state index in [4.69, 9.17) is 0 Å². The van der Waals surface area contributed by atoms with E-state index in [9.17, 15) is 14.2 Å². The van der Waals surface area contributed by atoms with Gasteiger partial charge < -0.3 is 0 Å². The van der Waals surface area contributed by atoms with Crippen molar-refractivity contribution < 1.29 is 14.2 Å². The molecule has 0 amide bonds. The first-order valence-electron chi connectivity index (χ1n) is 9.43. The van der Waals surface area contributed by atoms with Gasteiger partial charge in [0.2, 0.25) is 0 Å². The zero-order chi connectivity index (χ0) is 21.2. The Morgan fingerprint density at radius 2 is 0.800 bits per heavy atom. The maximum Gasteiger partial charge on any atom is 0.458 e. The Hall–Kier alpha value is -3.68. The summed E-state index contributed by atoms with van der Waals surface area (Å²) in [7, 11) is -2.00. The van der Waals surface area contributed by atoms with Crippen molar-refractivity contribution in [1.29, 1.82) is 0 Å². The van der Waals surface area contributed by atoms with Gasteiger partial charge in [0.05, 0.1) is 5.56 Å². The first-order valence-corrected chi connectivity index (χ1v) is 10.7. The van der Waals surface area contributed by atoms with E-state index in [1.807, 2.05) is 72.8 Å². The Bertz CT molecular complexity index is 1020. The van der Waals surface area contributed by atoms with Gasteiger partial charge in [0, 0.05) is 11.1 Å². The Kier molecular flexibility index (Phi) is 7.54. The van der Waals surface area contributed by atoms with Crippen LogP contribution in [0.1, 0.15) is 26.3 Å². The van der Waals surface area contributed by atoms with E-state index in [0.29, 0.717) is 10.9 Å². The Balaban J connectivity index is 0.000000172. The van der Waals surface area contributed by atoms with Crippen molar-refractivity contribution in [3.63, 3.8) is 0 Å². The highest BCUT2D eigenvalue weighted by atomic mass is 31.1. The number of hydrogen-bond acceptors (Lipinski definition) is 3. The first kappa shape index (κ1) is 21.0. The normalized spacial score (nSPS) is 10.3. The number of ketones is 1. The number of carbonyl (C=O) groups is 2. The molecule has 0 saturated heterocycles. The summed E-state index contributed by atoms with van der Waals surface area (Å²) in [6.07, 6.45) is 0. The van der Waals surface area contributed by atoms with Gasteiger partial charge in [-0.05, 0) is 24.3 Å². The second-order valence-corrected chi connectivity index (χ2v) is 7.87. The van der Waals surface area contributed by atoms with Crippen LogP contribution in [-0.4, -0.2) is 11.3 Å². The highest BCUT2D eigenvalue weighted by Crippen LogP contribution is 2.25. The Labute approximate surface area is 176 Å². The molecule has 0 aliphatic rings. The fourth-order valence-corrected chi connectivity index (χ4v) is 3.79. The lowest BCUT2D eigenvalue weighted by Crippen LogP contribution is -2.03. The highest BCUT2D eigenvalue weighted by molar-refractivity contribution is 7.71. The van der Waals surface area contributed by atoms with E-state index in [-0.39, 0.29) is 11.3 Å². The van der Waals surface area contributed by atoms with Crippen molar-refractivity contribution in [2.24, 2.45) is 0 Å². The van der Waals surface area contributed by atoms with Crippen LogP contribution < -0.4 is 5.30 Å². The molecular formula is C26H20O3P+. The largest absolute Gasteiger partial charge is 0.458 e. The van der Waals surface area contributed by atoms with Gasteiger partial charge in [0.1, 0.15) is 0 Å². The lowest BCUT2D eigenvalue weighted by Gasteiger charge is -1.99. The lowest BCUT2D eigenvalue weighted by molar-refractivity contribution is 0.103. The van der Waals surface area contributed by atoms with E-state index >= 15 is 0 Å². The molecule has 30 heavy (non-hydrogen) atoms. The standard InChI is InChI=1S/C13H10O2P.C13H10O/c14-13(11-7-3-1-4-8-11)16(15)12-9-5-2-6-10-12;14-13(11-7-3-1-4-8-11)12-9-5-2-6-10-12/h1-10H;1-10H/q+1;. The fraction of sp³-hybridized carbons (Fsp3) is 0. The van der Waals surface area contributed by atoms with Crippen molar-refractivity contribution in [1.82, 2.24) is 0 Å². The van der Waals surface area contributed by atoms with Gasteiger partial charge in [0.25, 0.3) is 0 Å². The summed E-state index contributed by atoms with van der Waals surface area (Å²) in [5.41, 5.74) is 1.65. The maximum absolute atomic E-state index is 11.9. The summed E-state index contributed by atoms with van der Waals surface area (Å²) in [5.74, 6) is 0.0752. The van der Waals surface area contributed by atoms with E-state index in [0.717, 1.165) is 11.1 Å². The van der Waals surface area contributed by atoms with Gasteiger partial charge in [0.15, 0.2) is 11.1 Å². The average molecular weight is 411 g/mol. The molecule has 0 aliphatic carbocycles. The first-order chi connectivity index (χ1) is 14.7. The SMILES string of the molecule is O=C(c1ccccc1)[P+](=O)c1ccccc1.O=C(c1ccccc1)c1ccccc1. The van der Waals surface area contributed by atoms with Crippen LogP contribution in [0, 0.1) is 0 Å². The zero-order valence-electron chi connectivity index (χ0n) is 16.2. The molecule has 0 heterocycles. The minimum Gasteiger partial charge on any atom is -0.289 e.